The molecule has 1 saturated heterocycles. The maximum atomic E-state index is 13.3. The number of nitrogens with one attached hydrogen (secondary N) is 1. The Kier molecular flexibility index (Phi) is 7.75. The van der Waals surface area contributed by atoms with E-state index in [1.807, 2.05) is 31.3 Å². The highest BCUT2D eigenvalue weighted by atomic mass is 32.1. The number of hydrogen-bond donors (Lipinski definition) is 1. The Hall–Kier alpha value is -2.03. The zero-order valence-corrected chi connectivity index (χ0v) is 20.2. The first-order valence-corrected chi connectivity index (χ1v) is 12.6. The second-order valence-corrected chi connectivity index (χ2v) is 10.4. The van der Waals surface area contributed by atoms with Crippen molar-refractivity contribution < 1.29 is 9.53 Å². The fourth-order valence-corrected chi connectivity index (χ4v) is 5.46. The SMILES string of the molecule is Cc1cnc(Nc2cccc(C3CN(CC(=O)N(C(C)C)C4CCCCC4)CCO3)n2)s1. The van der Waals surface area contributed by atoms with Crippen molar-refractivity contribution in [3.8, 4) is 0 Å². The highest BCUT2D eigenvalue weighted by Crippen LogP contribution is 2.27. The van der Waals surface area contributed by atoms with E-state index in [2.05, 4.69) is 33.9 Å². The van der Waals surface area contributed by atoms with Crippen molar-refractivity contribution in [2.75, 3.05) is 31.6 Å². The molecule has 1 aliphatic heterocycles. The number of morpholine rings is 1. The van der Waals surface area contributed by atoms with Gasteiger partial charge >= 0.3 is 0 Å². The van der Waals surface area contributed by atoms with E-state index in [1.54, 1.807) is 11.3 Å². The summed E-state index contributed by atoms with van der Waals surface area (Å²) in [6, 6.07) is 6.56. The molecule has 0 radical (unpaired) electrons. The van der Waals surface area contributed by atoms with Gasteiger partial charge in [-0.2, -0.15) is 0 Å². The van der Waals surface area contributed by atoms with Gasteiger partial charge in [0, 0.05) is 36.2 Å². The van der Waals surface area contributed by atoms with E-state index in [9.17, 15) is 4.79 Å². The fraction of sp³-hybridized carbons (Fsp3) is 0.625. The summed E-state index contributed by atoms with van der Waals surface area (Å²) in [5.74, 6) is 1.01. The van der Waals surface area contributed by atoms with Crippen LogP contribution in [-0.2, 0) is 9.53 Å². The number of ether oxygens (including phenoxy) is 1. The van der Waals surface area contributed by atoms with E-state index in [0.29, 0.717) is 25.7 Å². The molecule has 32 heavy (non-hydrogen) atoms. The van der Waals surface area contributed by atoms with Gasteiger partial charge in [0.1, 0.15) is 11.9 Å². The Balaban J connectivity index is 1.38. The number of pyridine rings is 1. The Morgan fingerprint density at radius 1 is 1.31 bits per heavy atom. The summed E-state index contributed by atoms with van der Waals surface area (Å²) >= 11 is 1.60. The van der Waals surface area contributed by atoms with Crippen molar-refractivity contribution in [2.45, 2.75) is 71.1 Å². The molecule has 1 amide bonds. The van der Waals surface area contributed by atoms with E-state index < -0.39 is 0 Å². The minimum atomic E-state index is -0.140. The number of anilines is 2. The molecule has 1 unspecified atom stereocenters. The second kappa shape index (κ2) is 10.7. The molecule has 0 spiro atoms. The van der Waals surface area contributed by atoms with Crippen LogP contribution in [0.4, 0.5) is 10.9 Å². The van der Waals surface area contributed by atoms with E-state index in [4.69, 9.17) is 9.72 Å². The molecule has 2 fully saturated rings. The highest BCUT2D eigenvalue weighted by molar-refractivity contribution is 7.15. The van der Waals surface area contributed by atoms with Gasteiger partial charge in [0.25, 0.3) is 0 Å². The molecule has 1 atom stereocenters. The zero-order chi connectivity index (χ0) is 22.5. The summed E-state index contributed by atoms with van der Waals surface area (Å²) < 4.78 is 6.04. The van der Waals surface area contributed by atoms with Crippen LogP contribution in [0, 0.1) is 6.92 Å². The average molecular weight is 458 g/mol. The molecular formula is C24H35N5O2S. The number of aromatic nitrogens is 2. The van der Waals surface area contributed by atoms with Crippen LogP contribution in [0.2, 0.25) is 0 Å². The van der Waals surface area contributed by atoms with E-state index in [0.717, 1.165) is 40.9 Å². The minimum Gasteiger partial charge on any atom is -0.369 e. The minimum absolute atomic E-state index is 0.140. The largest absolute Gasteiger partial charge is 0.369 e. The van der Waals surface area contributed by atoms with Crippen molar-refractivity contribution in [3.63, 3.8) is 0 Å². The van der Waals surface area contributed by atoms with Crippen LogP contribution in [0.25, 0.3) is 0 Å². The normalized spacial score (nSPS) is 20.4. The summed E-state index contributed by atoms with van der Waals surface area (Å²) in [5, 5.41) is 4.11. The summed E-state index contributed by atoms with van der Waals surface area (Å²) in [6.45, 7) is 8.82. The van der Waals surface area contributed by atoms with Gasteiger partial charge < -0.3 is 15.0 Å². The lowest BCUT2D eigenvalue weighted by Crippen LogP contribution is -2.51. The van der Waals surface area contributed by atoms with Crippen LogP contribution >= 0.6 is 11.3 Å². The number of nitrogens with zero attached hydrogens (tertiary/aromatic N) is 4. The monoisotopic (exact) mass is 457 g/mol. The number of amides is 1. The molecule has 1 aliphatic carbocycles. The molecule has 8 heteroatoms. The fourth-order valence-electron chi connectivity index (χ4n) is 4.79. The van der Waals surface area contributed by atoms with Crippen LogP contribution in [0.15, 0.2) is 24.4 Å². The Morgan fingerprint density at radius 2 is 2.12 bits per heavy atom. The van der Waals surface area contributed by atoms with E-state index in [-0.39, 0.29) is 18.1 Å². The lowest BCUT2D eigenvalue weighted by atomic mass is 9.93. The van der Waals surface area contributed by atoms with E-state index in [1.165, 1.54) is 19.3 Å². The topological polar surface area (TPSA) is 70.6 Å². The summed E-state index contributed by atoms with van der Waals surface area (Å²) in [6.07, 6.45) is 7.75. The van der Waals surface area contributed by atoms with Crippen LogP contribution in [-0.4, -0.2) is 64.0 Å². The van der Waals surface area contributed by atoms with Gasteiger partial charge in [-0.15, -0.1) is 11.3 Å². The number of hydrogen-bond acceptors (Lipinski definition) is 7. The first-order valence-electron chi connectivity index (χ1n) is 11.8. The molecule has 0 aromatic carbocycles. The van der Waals surface area contributed by atoms with Crippen molar-refractivity contribution in [2.24, 2.45) is 0 Å². The summed E-state index contributed by atoms with van der Waals surface area (Å²) in [5.41, 5.74) is 0.883. The Morgan fingerprint density at radius 3 is 2.84 bits per heavy atom. The molecule has 7 nitrogen and oxygen atoms in total. The smallest absolute Gasteiger partial charge is 0.237 e. The number of rotatable bonds is 7. The van der Waals surface area contributed by atoms with Crippen molar-refractivity contribution in [1.82, 2.24) is 19.8 Å². The third-order valence-electron chi connectivity index (χ3n) is 6.28. The predicted molar refractivity (Wildman–Crippen MR) is 128 cm³/mol. The molecule has 2 aromatic heterocycles. The molecule has 174 valence electrons. The van der Waals surface area contributed by atoms with Gasteiger partial charge in [-0.1, -0.05) is 25.3 Å². The Labute approximate surface area is 195 Å². The number of carbonyl (C=O) groups is 1. The van der Waals surface area contributed by atoms with Gasteiger partial charge in [-0.05, 0) is 45.7 Å². The molecule has 2 aromatic rings. The lowest BCUT2D eigenvalue weighted by Gasteiger charge is -2.39. The number of carbonyl (C=O) groups excluding carboxylic acids is 1. The van der Waals surface area contributed by atoms with Crippen LogP contribution in [0.3, 0.4) is 0 Å². The molecule has 4 rings (SSSR count). The molecule has 1 N–H and O–H groups in total. The third-order valence-corrected chi connectivity index (χ3v) is 7.11. The van der Waals surface area contributed by atoms with Gasteiger partial charge in [-0.25, -0.2) is 9.97 Å². The van der Waals surface area contributed by atoms with Crippen LogP contribution in [0.1, 0.15) is 62.6 Å². The Bertz CT molecular complexity index is 896. The third kappa shape index (κ3) is 5.85. The second-order valence-electron chi connectivity index (χ2n) is 9.13. The standard InChI is InChI=1S/C24H35N5O2S/c1-17(2)29(19-8-5-4-6-9-19)23(30)16-28-12-13-31-21(15-28)20-10-7-11-22(26-20)27-24-25-14-18(3)32-24/h7,10-11,14,17,19,21H,4-6,8-9,12-13,15-16H2,1-3H3,(H,25,26,27). The van der Waals surface area contributed by atoms with Gasteiger partial charge in [-0.3, -0.25) is 9.69 Å². The zero-order valence-electron chi connectivity index (χ0n) is 19.4. The first kappa shape index (κ1) is 23.1. The van der Waals surface area contributed by atoms with Gasteiger partial charge in [0.15, 0.2) is 5.13 Å². The number of aryl methyl sites for hydroxylation is 1. The van der Waals surface area contributed by atoms with Crippen LogP contribution < -0.4 is 5.32 Å². The molecule has 2 aliphatic rings. The maximum Gasteiger partial charge on any atom is 0.237 e. The lowest BCUT2D eigenvalue weighted by molar-refractivity contribution is -0.139. The first-order chi connectivity index (χ1) is 15.5. The quantitative estimate of drug-likeness (QED) is 0.659. The highest BCUT2D eigenvalue weighted by Gasteiger charge is 2.31. The molecule has 1 saturated carbocycles. The van der Waals surface area contributed by atoms with Crippen LogP contribution in [0.5, 0.6) is 0 Å². The maximum absolute atomic E-state index is 13.3. The molecular weight excluding hydrogens is 422 g/mol. The average Bonchev–Trinajstić information content (AvgIpc) is 3.19. The predicted octanol–water partition coefficient (Wildman–Crippen LogP) is 4.53. The van der Waals surface area contributed by atoms with Gasteiger partial charge in [0.05, 0.1) is 18.8 Å². The number of thiazole rings is 1. The summed E-state index contributed by atoms with van der Waals surface area (Å²) in [4.78, 5) is 27.9. The van der Waals surface area contributed by atoms with Crippen molar-refractivity contribution >= 4 is 28.2 Å². The molecule has 3 heterocycles. The molecule has 0 bridgehead atoms. The van der Waals surface area contributed by atoms with Crippen molar-refractivity contribution in [1.29, 1.82) is 0 Å². The van der Waals surface area contributed by atoms with E-state index >= 15 is 0 Å². The van der Waals surface area contributed by atoms with Crippen molar-refractivity contribution in [3.05, 3.63) is 35.0 Å². The summed E-state index contributed by atoms with van der Waals surface area (Å²) in [7, 11) is 0. The van der Waals surface area contributed by atoms with Gasteiger partial charge in [0.2, 0.25) is 5.91 Å².